The zero-order chi connectivity index (χ0) is 37.6. The van der Waals surface area contributed by atoms with Gasteiger partial charge >= 0.3 is 0 Å². The maximum Gasteiger partial charge on any atom is 0.270 e. The van der Waals surface area contributed by atoms with Crippen LogP contribution in [0.5, 0.6) is 5.75 Å². The monoisotopic (exact) mass is 742 g/mol. The summed E-state index contributed by atoms with van der Waals surface area (Å²) in [5, 5.41) is 9.67. The Bertz CT molecular complexity index is 2440. The van der Waals surface area contributed by atoms with E-state index in [2.05, 4.69) is 56.0 Å². The molecular weight excluding hydrogens is 696 g/mol. The van der Waals surface area contributed by atoms with Gasteiger partial charge in [-0.2, -0.15) is 0 Å². The molecule has 0 bridgehead atoms. The van der Waals surface area contributed by atoms with E-state index in [-0.39, 0.29) is 31.7 Å². The van der Waals surface area contributed by atoms with Gasteiger partial charge in [0.05, 0.1) is 25.4 Å². The van der Waals surface area contributed by atoms with Gasteiger partial charge in [0.1, 0.15) is 17.3 Å². The number of hydrogen-bond acceptors (Lipinski definition) is 6. The quantitative estimate of drug-likeness (QED) is 0.160. The molecule has 11 nitrogen and oxygen atoms in total. The third-order valence-corrected chi connectivity index (χ3v) is 11.6. The summed E-state index contributed by atoms with van der Waals surface area (Å²) in [5.74, 6) is 2.00. The summed E-state index contributed by atoms with van der Waals surface area (Å²) in [6.45, 7) is 7.02. The van der Waals surface area contributed by atoms with Gasteiger partial charge in [-0.3, -0.25) is 14.3 Å². The second-order valence-electron chi connectivity index (χ2n) is 15.0. The zero-order valence-electron chi connectivity index (χ0n) is 31.3. The smallest absolute Gasteiger partial charge is 0.270 e. The molecular formula is C43H47FN8O3. The number of fused-ring (bicyclic) bond motifs is 2. The van der Waals surface area contributed by atoms with Crippen LogP contribution in [0.3, 0.4) is 0 Å². The molecule has 1 saturated carbocycles. The van der Waals surface area contributed by atoms with Crippen molar-refractivity contribution in [3.8, 4) is 16.9 Å². The number of para-hydroxylation sites is 2. The molecule has 0 atom stereocenters. The van der Waals surface area contributed by atoms with E-state index in [1.165, 1.54) is 35.1 Å². The van der Waals surface area contributed by atoms with Crippen LogP contribution in [0.25, 0.3) is 38.5 Å². The van der Waals surface area contributed by atoms with E-state index in [4.69, 9.17) is 4.74 Å². The van der Waals surface area contributed by atoms with E-state index >= 15 is 4.39 Å². The molecule has 0 unspecified atom stereocenters. The topological polar surface area (TPSA) is 105 Å². The summed E-state index contributed by atoms with van der Waals surface area (Å²) in [6.07, 6.45) is 8.75. The first-order chi connectivity index (χ1) is 26.9. The molecule has 2 fully saturated rings. The molecule has 0 radical (unpaired) electrons. The minimum Gasteiger partial charge on any atom is -0.496 e. The molecule has 1 saturated heterocycles. The number of halogens is 1. The van der Waals surface area contributed by atoms with Gasteiger partial charge in [0.15, 0.2) is 5.82 Å². The summed E-state index contributed by atoms with van der Waals surface area (Å²) in [4.78, 5) is 36.8. The van der Waals surface area contributed by atoms with Crippen molar-refractivity contribution < 1.29 is 20.1 Å². The summed E-state index contributed by atoms with van der Waals surface area (Å²) < 4.78 is 26.7. The maximum atomic E-state index is 16.9. The number of aromatic nitrogens is 5. The third kappa shape index (κ3) is 6.53. The second-order valence-corrected chi connectivity index (χ2v) is 15.0. The van der Waals surface area contributed by atoms with Crippen LogP contribution in [-0.4, -0.2) is 92.5 Å². The standard InChI is InChI=1S/C43H45FN8O3.H2/c1-28-31-9-3-5-11-37(31)52(26-29-13-14-29)42(28)48-20-22-49(23-21-48)43(54)36-25-35-34(32-10-4-6-12-38(32)55-2)24-33(40(44)41(35)46-36)30-8-7-17-50(27-30)39(53)15-18-51-19-16-45-47-51;/h3-6,8-12,16,19,24-25,29,46H,7,13-15,17-18,20-23,26-27H2,1-2H3;1H. The average molecular weight is 743 g/mol. The predicted molar refractivity (Wildman–Crippen MR) is 214 cm³/mol. The molecule has 1 N–H and O–H groups in total. The zero-order valence-corrected chi connectivity index (χ0v) is 31.3. The van der Waals surface area contributed by atoms with Crippen molar-refractivity contribution >= 4 is 45.0 Å². The van der Waals surface area contributed by atoms with Gasteiger partial charge in [-0.25, -0.2) is 4.39 Å². The molecule has 1 aliphatic carbocycles. The number of piperazine rings is 1. The second kappa shape index (κ2) is 14.4. The molecule has 3 aromatic heterocycles. The normalized spacial score (nSPS) is 16.3. The lowest BCUT2D eigenvalue weighted by atomic mass is 9.93. The molecule has 12 heteroatoms. The molecule has 5 heterocycles. The minimum absolute atomic E-state index is 0. The number of carbonyl (C=O) groups excluding carboxylic acids is 2. The largest absolute Gasteiger partial charge is 0.496 e. The maximum absolute atomic E-state index is 16.9. The number of carbonyl (C=O) groups is 2. The molecule has 3 aliphatic rings. The van der Waals surface area contributed by atoms with Crippen LogP contribution >= 0.6 is 0 Å². The Morgan fingerprint density at radius 3 is 2.53 bits per heavy atom. The number of hydrogen-bond donors (Lipinski definition) is 1. The van der Waals surface area contributed by atoms with Gasteiger partial charge in [-0.05, 0) is 73.1 Å². The number of aryl methyl sites for hydroxylation is 2. The Morgan fingerprint density at radius 2 is 1.75 bits per heavy atom. The lowest BCUT2D eigenvalue weighted by molar-refractivity contribution is -0.131. The first-order valence-electron chi connectivity index (χ1n) is 19.3. The molecule has 6 aromatic rings. The number of aromatic amines is 1. The van der Waals surface area contributed by atoms with Crippen LogP contribution in [-0.2, 0) is 17.9 Å². The van der Waals surface area contributed by atoms with Crippen molar-refractivity contribution in [3.63, 3.8) is 0 Å². The summed E-state index contributed by atoms with van der Waals surface area (Å²) in [5.41, 5.74) is 5.83. The summed E-state index contributed by atoms with van der Waals surface area (Å²) in [6, 6.07) is 19.9. The van der Waals surface area contributed by atoms with Crippen molar-refractivity contribution in [2.75, 3.05) is 51.3 Å². The minimum atomic E-state index is -0.445. The Morgan fingerprint density at radius 1 is 0.945 bits per heavy atom. The molecule has 284 valence electrons. The van der Waals surface area contributed by atoms with E-state index < -0.39 is 5.82 Å². The highest BCUT2D eigenvalue weighted by Crippen LogP contribution is 2.41. The van der Waals surface area contributed by atoms with Crippen LogP contribution < -0.4 is 9.64 Å². The van der Waals surface area contributed by atoms with Crippen LogP contribution in [0.4, 0.5) is 10.2 Å². The first kappa shape index (κ1) is 34.8. The third-order valence-electron chi connectivity index (χ3n) is 11.6. The van der Waals surface area contributed by atoms with Crippen LogP contribution in [0, 0.1) is 18.7 Å². The fourth-order valence-corrected chi connectivity index (χ4v) is 8.48. The van der Waals surface area contributed by atoms with Crippen LogP contribution in [0.1, 0.15) is 48.7 Å². The number of anilines is 1. The van der Waals surface area contributed by atoms with Crippen molar-refractivity contribution in [2.24, 2.45) is 5.92 Å². The lowest BCUT2D eigenvalue weighted by Crippen LogP contribution is -2.49. The molecule has 2 amide bonds. The number of amides is 2. The fourth-order valence-electron chi connectivity index (χ4n) is 8.48. The Hall–Kier alpha value is -5.91. The highest BCUT2D eigenvalue weighted by atomic mass is 19.1. The first-order valence-corrected chi connectivity index (χ1v) is 19.3. The van der Waals surface area contributed by atoms with Crippen molar-refractivity contribution in [1.29, 1.82) is 0 Å². The number of methoxy groups -OCH3 is 1. The summed E-state index contributed by atoms with van der Waals surface area (Å²) >= 11 is 0. The van der Waals surface area contributed by atoms with E-state index in [1.54, 1.807) is 35.2 Å². The molecule has 2 aliphatic heterocycles. The number of nitrogens with one attached hydrogen (secondary N) is 1. The average Bonchev–Trinajstić information content (AvgIpc) is 3.56. The van der Waals surface area contributed by atoms with E-state index in [9.17, 15) is 9.59 Å². The van der Waals surface area contributed by atoms with E-state index in [0.29, 0.717) is 68.1 Å². The molecule has 55 heavy (non-hydrogen) atoms. The van der Waals surface area contributed by atoms with Gasteiger partial charge in [-0.15, -0.1) is 5.10 Å². The van der Waals surface area contributed by atoms with Gasteiger partial charge in [0.25, 0.3) is 5.91 Å². The van der Waals surface area contributed by atoms with Crippen molar-refractivity contribution in [1.82, 2.24) is 34.3 Å². The van der Waals surface area contributed by atoms with Crippen molar-refractivity contribution in [2.45, 2.75) is 45.7 Å². The molecule has 9 rings (SSSR count). The Balaban J connectivity index is 0.00000441. The number of rotatable bonds is 10. The van der Waals surface area contributed by atoms with Gasteiger partial charge in [-0.1, -0.05) is 47.7 Å². The number of H-pyrrole nitrogens is 1. The SMILES string of the molecule is COc1ccccc1-c1cc(C2=CCCN(C(=O)CCn3ccnn3)C2)c(F)c2[nH]c(C(=O)N3CCN(c4c(C)c5ccccc5n4CC4CC4)CC3)cc12.[HH]. The van der Waals surface area contributed by atoms with Gasteiger partial charge in [0, 0.05) is 87.3 Å². The molecule has 0 spiro atoms. The van der Waals surface area contributed by atoms with Crippen molar-refractivity contribution in [3.05, 3.63) is 102 Å². The van der Waals surface area contributed by atoms with E-state index in [0.717, 1.165) is 29.2 Å². The van der Waals surface area contributed by atoms with Crippen LogP contribution in [0.2, 0.25) is 0 Å². The van der Waals surface area contributed by atoms with Crippen LogP contribution in [0.15, 0.2) is 79.1 Å². The highest BCUT2D eigenvalue weighted by molar-refractivity contribution is 6.05. The number of ether oxygens (including phenoxy) is 1. The Kier molecular flexibility index (Phi) is 9.11. The van der Waals surface area contributed by atoms with Gasteiger partial charge < -0.3 is 29.0 Å². The fraction of sp³-hybridized carbons (Fsp3) is 0.349. The number of nitrogens with zero attached hydrogens (tertiary/aromatic N) is 7. The van der Waals surface area contributed by atoms with Gasteiger partial charge in [0.2, 0.25) is 5.91 Å². The summed E-state index contributed by atoms with van der Waals surface area (Å²) in [7, 11) is 1.62. The predicted octanol–water partition coefficient (Wildman–Crippen LogP) is 7.16. The lowest BCUT2D eigenvalue weighted by Gasteiger charge is -2.37. The van der Waals surface area contributed by atoms with E-state index in [1.807, 2.05) is 41.3 Å². The number of benzene rings is 3. The molecule has 3 aromatic carbocycles. The highest BCUT2D eigenvalue weighted by Gasteiger charge is 2.31. The Labute approximate surface area is 320 Å².